The van der Waals surface area contributed by atoms with Crippen molar-refractivity contribution in [3.63, 3.8) is 0 Å². The maximum absolute atomic E-state index is 11.3. The molecule has 0 amide bonds. The molecule has 0 saturated carbocycles. The average molecular weight is 183 g/mol. The van der Waals surface area contributed by atoms with Gasteiger partial charge in [-0.25, -0.2) is 0 Å². The van der Waals surface area contributed by atoms with Gasteiger partial charge in [0, 0.05) is 0 Å². The van der Waals surface area contributed by atoms with Crippen LogP contribution in [0.1, 0.15) is 33.6 Å². The zero-order valence-electron chi connectivity index (χ0n) is 8.54. The largest absolute Gasteiger partial charge is 0.465 e. The highest BCUT2D eigenvalue weighted by molar-refractivity contribution is 5.75. The fourth-order valence-corrected chi connectivity index (χ4v) is 1.34. The Bertz CT molecular complexity index is 192. The maximum atomic E-state index is 11.3. The van der Waals surface area contributed by atoms with Crippen molar-refractivity contribution in [3.8, 4) is 6.07 Å². The Morgan fingerprint density at radius 3 is 2.23 bits per heavy atom. The van der Waals surface area contributed by atoms with Gasteiger partial charge in [-0.05, 0) is 12.8 Å². The summed E-state index contributed by atoms with van der Waals surface area (Å²) >= 11 is 0. The van der Waals surface area contributed by atoms with Gasteiger partial charge in [-0.1, -0.05) is 26.7 Å². The van der Waals surface area contributed by atoms with Gasteiger partial charge < -0.3 is 4.74 Å². The molecule has 74 valence electrons. The summed E-state index contributed by atoms with van der Waals surface area (Å²) < 4.78 is 4.82. The van der Waals surface area contributed by atoms with Crippen molar-refractivity contribution in [2.45, 2.75) is 33.6 Å². The minimum Gasteiger partial charge on any atom is -0.465 e. The van der Waals surface area contributed by atoms with E-state index in [-0.39, 0.29) is 11.9 Å². The molecular weight excluding hydrogens is 166 g/mol. The molecule has 3 heteroatoms. The molecular formula is C10H17NO2. The Kier molecular flexibility index (Phi) is 5.96. The van der Waals surface area contributed by atoms with Crippen LogP contribution in [0.2, 0.25) is 0 Å². The summed E-state index contributed by atoms with van der Waals surface area (Å²) in [5, 5.41) is 8.80. The molecule has 0 heterocycles. The van der Waals surface area contributed by atoms with Gasteiger partial charge in [0.2, 0.25) is 0 Å². The van der Waals surface area contributed by atoms with Gasteiger partial charge in [-0.3, -0.25) is 4.79 Å². The van der Waals surface area contributed by atoms with E-state index in [0.29, 0.717) is 6.61 Å². The first-order valence-corrected chi connectivity index (χ1v) is 4.77. The Labute approximate surface area is 79.7 Å². The van der Waals surface area contributed by atoms with Crippen LogP contribution in [0.15, 0.2) is 0 Å². The lowest BCUT2D eigenvalue weighted by atomic mass is 9.89. The summed E-state index contributed by atoms with van der Waals surface area (Å²) in [6.07, 6.45) is 1.68. The van der Waals surface area contributed by atoms with E-state index < -0.39 is 5.92 Å². The molecule has 1 unspecified atom stereocenters. The summed E-state index contributed by atoms with van der Waals surface area (Å²) in [4.78, 5) is 11.3. The summed E-state index contributed by atoms with van der Waals surface area (Å²) in [6.45, 7) is 6.06. The van der Waals surface area contributed by atoms with Gasteiger partial charge in [0.1, 0.15) is 5.92 Å². The highest BCUT2D eigenvalue weighted by Gasteiger charge is 2.26. The second-order valence-corrected chi connectivity index (χ2v) is 2.94. The summed E-state index contributed by atoms with van der Waals surface area (Å²) in [6, 6.07) is 2.01. The van der Waals surface area contributed by atoms with Crippen LogP contribution in [-0.4, -0.2) is 12.6 Å². The van der Waals surface area contributed by atoms with Gasteiger partial charge in [0.05, 0.1) is 12.7 Å². The smallest absolute Gasteiger partial charge is 0.323 e. The first-order chi connectivity index (χ1) is 6.21. The Balaban J connectivity index is 4.32. The fraction of sp³-hybridized carbons (Fsp3) is 0.800. The molecule has 0 aromatic carbocycles. The molecule has 0 aromatic rings. The minimum absolute atomic E-state index is 0.129. The van der Waals surface area contributed by atoms with Crippen LogP contribution in [0.25, 0.3) is 0 Å². The molecule has 0 aromatic heterocycles. The topological polar surface area (TPSA) is 50.1 Å². The predicted molar refractivity (Wildman–Crippen MR) is 49.8 cm³/mol. The number of nitriles is 1. The van der Waals surface area contributed by atoms with E-state index in [1.54, 1.807) is 6.92 Å². The SMILES string of the molecule is CCOC(=O)C(C#N)C(CC)CC. The molecule has 13 heavy (non-hydrogen) atoms. The summed E-state index contributed by atoms with van der Waals surface area (Å²) in [5.74, 6) is -0.835. The van der Waals surface area contributed by atoms with Gasteiger partial charge in [-0.15, -0.1) is 0 Å². The van der Waals surface area contributed by atoms with Gasteiger partial charge in [0.15, 0.2) is 0 Å². The number of hydrogen-bond acceptors (Lipinski definition) is 3. The first kappa shape index (κ1) is 12.0. The van der Waals surface area contributed by atoms with Crippen molar-refractivity contribution in [3.05, 3.63) is 0 Å². The Morgan fingerprint density at radius 1 is 1.38 bits per heavy atom. The van der Waals surface area contributed by atoms with Crippen molar-refractivity contribution in [1.82, 2.24) is 0 Å². The molecule has 0 radical (unpaired) electrons. The average Bonchev–Trinajstić information content (AvgIpc) is 2.14. The second-order valence-electron chi connectivity index (χ2n) is 2.94. The van der Waals surface area contributed by atoms with Crippen LogP contribution in [0.5, 0.6) is 0 Å². The Hall–Kier alpha value is -1.04. The predicted octanol–water partition coefficient (Wildman–Crippen LogP) is 2.13. The number of esters is 1. The van der Waals surface area contributed by atoms with Crippen LogP contribution in [0, 0.1) is 23.2 Å². The van der Waals surface area contributed by atoms with Crippen molar-refractivity contribution in [1.29, 1.82) is 5.26 Å². The normalized spacial score (nSPS) is 12.2. The van der Waals surface area contributed by atoms with Crippen molar-refractivity contribution >= 4 is 5.97 Å². The lowest BCUT2D eigenvalue weighted by Crippen LogP contribution is -2.23. The van der Waals surface area contributed by atoms with E-state index in [9.17, 15) is 4.79 Å². The molecule has 0 rings (SSSR count). The molecule has 0 saturated heterocycles. The number of hydrogen-bond donors (Lipinski definition) is 0. The van der Waals surface area contributed by atoms with Crippen LogP contribution < -0.4 is 0 Å². The third-order valence-electron chi connectivity index (χ3n) is 2.20. The molecule has 0 aliphatic rings. The van der Waals surface area contributed by atoms with E-state index in [4.69, 9.17) is 10.00 Å². The number of ether oxygens (including phenoxy) is 1. The lowest BCUT2D eigenvalue weighted by molar-refractivity contribution is -0.147. The van der Waals surface area contributed by atoms with Gasteiger partial charge >= 0.3 is 5.97 Å². The molecule has 3 nitrogen and oxygen atoms in total. The van der Waals surface area contributed by atoms with Crippen LogP contribution in [0.4, 0.5) is 0 Å². The van der Waals surface area contributed by atoms with Crippen LogP contribution in [0.3, 0.4) is 0 Å². The lowest BCUT2D eigenvalue weighted by Gasteiger charge is -2.16. The fourth-order valence-electron chi connectivity index (χ4n) is 1.34. The number of rotatable bonds is 5. The monoisotopic (exact) mass is 183 g/mol. The van der Waals surface area contributed by atoms with E-state index in [1.165, 1.54) is 0 Å². The standard InChI is InChI=1S/C10H17NO2/c1-4-8(5-2)9(7-11)10(12)13-6-3/h8-9H,4-6H2,1-3H3. The van der Waals surface area contributed by atoms with Crippen molar-refractivity contribution < 1.29 is 9.53 Å². The first-order valence-electron chi connectivity index (χ1n) is 4.77. The van der Waals surface area contributed by atoms with Crippen molar-refractivity contribution in [2.24, 2.45) is 11.8 Å². The highest BCUT2D eigenvalue weighted by atomic mass is 16.5. The van der Waals surface area contributed by atoms with E-state index in [1.807, 2.05) is 19.9 Å². The molecule has 0 N–H and O–H groups in total. The summed E-state index contributed by atoms with van der Waals surface area (Å²) in [5.41, 5.74) is 0. The van der Waals surface area contributed by atoms with E-state index in [2.05, 4.69) is 0 Å². The quantitative estimate of drug-likeness (QED) is 0.613. The van der Waals surface area contributed by atoms with Gasteiger partial charge in [-0.2, -0.15) is 5.26 Å². The third kappa shape index (κ3) is 3.45. The van der Waals surface area contributed by atoms with E-state index >= 15 is 0 Å². The van der Waals surface area contributed by atoms with Gasteiger partial charge in [0.25, 0.3) is 0 Å². The highest BCUT2D eigenvalue weighted by Crippen LogP contribution is 2.20. The number of nitrogens with zero attached hydrogens (tertiary/aromatic N) is 1. The van der Waals surface area contributed by atoms with Crippen LogP contribution in [-0.2, 0) is 9.53 Å². The minimum atomic E-state index is -0.588. The maximum Gasteiger partial charge on any atom is 0.323 e. The van der Waals surface area contributed by atoms with Crippen molar-refractivity contribution in [2.75, 3.05) is 6.61 Å². The molecule has 0 aliphatic heterocycles. The second kappa shape index (κ2) is 6.47. The zero-order valence-corrected chi connectivity index (χ0v) is 8.54. The number of carbonyl (C=O) groups is 1. The molecule has 0 fully saturated rings. The van der Waals surface area contributed by atoms with Crippen LogP contribution >= 0.6 is 0 Å². The van der Waals surface area contributed by atoms with E-state index in [0.717, 1.165) is 12.8 Å². The molecule has 1 atom stereocenters. The molecule has 0 spiro atoms. The molecule has 0 bridgehead atoms. The Morgan fingerprint density at radius 2 is 1.92 bits per heavy atom. The number of carbonyl (C=O) groups excluding carboxylic acids is 1. The molecule has 0 aliphatic carbocycles. The third-order valence-corrected chi connectivity index (χ3v) is 2.20. The zero-order chi connectivity index (χ0) is 10.3. The summed E-state index contributed by atoms with van der Waals surface area (Å²) in [7, 11) is 0.